The number of rotatable bonds is 3. The summed E-state index contributed by atoms with van der Waals surface area (Å²) in [6.45, 7) is 1.72. The lowest BCUT2D eigenvalue weighted by molar-refractivity contribution is 0.0599. The Labute approximate surface area is 111 Å². The van der Waals surface area contributed by atoms with Crippen molar-refractivity contribution >= 4 is 11.7 Å². The van der Waals surface area contributed by atoms with Crippen molar-refractivity contribution in [2.45, 2.75) is 6.92 Å². The predicted molar refractivity (Wildman–Crippen MR) is 71.2 cm³/mol. The van der Waals surface area contributed by atoms with Crippen LogP contribution in [0.15, 0.2) is 36.4 Å². The van der Waals surface area contributed by atoms with Crippen LogP contribution in [0.5, 0.6) is 11.6 Å². The largest absolute Gasteiger partial charge is 0.465 e. The number of pyridine rings is 1. The van der Waals surface area contributed by atoms with Crippen LogP contribution in [0.3, 0.4) is 0 Å². The minimum atomic E-state index is -0.413. The fourth-order valence-corrected chi connectivity index (χ4v) is 1.58. The Hall–Kier alpha value is -2.56. The summed E-state index contributed by atoms with van der Waals surface area (Å²) in [5, 5.41) is 0. The molecule has 0 radical (unpaired) electrons. The Morgan fingerprint density at radius 1 is 1.16 bits per heavy atom. The van der Waals surface area contributed by atoms with Crippen LogP contribution in [-0.2, 0) is 4.74 Å². The van der Waals surface area contributed by atoms with Gasteiger partial charge in [-0.3, -0.25) is 0 Å². The van der Waals surface area contributed by atoms with E-state index in [1.54, 1.807) is 43.3 Å². The maximum atomic E-state index is 11.4. The molecule has 2 rings (SSSR count). The standard InChI is InChI=1S/C14H14N2O3/c1-9-12(14(17)18-2)7-8-13(16-9)19-11-5-3-10(15)4-6-11/h3-8H,15H2,1-2H3. The number of nitrogens with two attached hydrogens (primary N) is 1. The van der Waals surface area contributed by atoms with Crippen LogP contribution in [0.4, 0.5) is 5.69 Å². The van der Waals surface area contributed by atoms with Gasteiger partial charge < -0.3 is 15.2 Å². The highest BCUT2D eigenvalue weighted by molar-refractivity contribution is 5.90. The zero-order valence-electron chi connectivity index (χ0n) is 10.7. The van der Waals surface area contributed by atoms with Gasteiger partial charge in [-0.05, 0) is 37.3 Å². The topological polar surface area (TPSA) is 74.4 Å². The number of ether oxygens (including phenoxy) is 2. The third kappa shape index (κ3) is 3.01. The van der Waals surface area contributed by atoms with E-state index in [1.807, 2.05) is 0 Å². The SMILES string of the molecule is COC(=O)c1ccc(Oc2ccc(N)cc2)nc1C. The first kappa shape index (κ1) is 12.9. The van der Waals surface area contributed by atoms with Gasteiger partial charge in [0.2, 0.25) is 5.88 Å². The van der Waals surface area contributed by atoms with Crippen molar-refractivity contribution in [1.29, 1.82) is 0 Å². The maximum Gasteiger partial charge on any atom is 0.339 e. The molecule has 2 N–H and O–H groups in total. The fraction of sp³-hybridized carbons (Fsp3) is 0.143. The number of esters is 1. The monoisotopic (exact) mass is 258 g/mol. The fourth-order valence-electron chi connectivity index (χ4n) is 1.58. The van der Waals surface area contributed by atoms with E-state index in [9.17, 15) is 4.79 Å². The van der Waals surface area contributed by atoms with Gasteiger partial charge in [-0.25, -0.2) is 9.78 Å². The molecule has 2 aromatic rings. The molecule has 5 nitrogen and oxygen atoms in total. The molecule has 98 valence electrons. The number of hydrogen-bond acceptors (Lipinski definition) is 5. The zero-order chi connectivity index (χ0) is 13.8. The van der Waals surface area contributed by atoms with Gasteiger partial charge in [0.1, 0.15) is 5.75 Å². The highest BCUT2D eigenvalue weighted by Crippen LogP contribution is 2.22. The number of carbonyl (C=O) groups excluding carboxylic acids is 1. The lowest BCUT2D eigenvalue weighted by Gasteiger charge is -2.08. The maximum absolute atomic E-state index is 11.4. The summed E-state index contributed by atoms with van der Waals surface area (Å²) < 4.78 is 10.2. The molecule has 0 saturated heterocycles. The van der Waals surface area contributed by atoms with Gasteiger partial charge in [-0.15, -0.1) is 0 Å². The van der Waals surface area contributed by atoms with Gasteiger partial charge in [-0.2, -0.15) is 0 Å². The Bertz CT molecular complexity index is 594. The minimum Gasteiger partial charge on any atom is -0.465 e. The third-order valence-electron chi connectivity index (χ3n) is 2.57. The van der Waals surface area contributed by atoms with Crippen LogP contribution in [0.25, 0.3) is 0 Å². The van der Waals surface area contributed by atoms with E-state index in [-0.39, 0.29) is 0 Å². The quantitative estimate of drug-likeness (QED) is 0.676. The number of methoxy groups -OCH3 is 1. The van der Waals surface area contributed by atoms with Crippen LogP contribution >= 0.6 is 0 Å². The molecule has 0 aliphatic carbocycles. The minimum absolute atomic E-state index is 0.412. The molecule has 1 heterocycles. The summed E-state index contributed by atoms with van der Waals surface area (Å²) in [5.41, 5.74) is 7.23. The molecule has 1 aromatic carbocycles. The second-order valence-electron chi connectivity index (χ2n) is 3.95. The second-order valence-corrected chi connectivity index (χ2v) is 3.95. The lowest BCUT2D eigenvalue weighted by atomic mass is 10.2. The van der Waals surface area contributed by atoms with Crippen molar-refractivity contribution in [3.8, 4) is 11.6 Å². The second kappa shape index (κ2) is 5.39. The summed E-state index contributed by atoms with van der Waals surface area (Å²) in [6.07, 6.45) is 0. The summed E-state index contributed by atoms with van der Waals surface area (Å²) in [4.78, 5) is 15.6. The van der Waals surface area contributed by atoms with Crippen LogP contribution in [0.2, 0.25) is 0 Å². The van der Waals surface area contributed by atoms with Crippen LogP contribution in [0, 0.1) is 6.92 Å². The summed E-state index contributed by atoms with van der Waals surface area (Å²) in [7, 11) is 1.33. The molecule has 0 spiro atoms. The Balaban J connectivity index is 2.20. The first-order chi connectivity index (χ1) is 9.10. The number of aryl methyl sites for hydroxylation is 1. The molecule has 0 bridgehead atoms. The predicted octanol–water partition coefficient (Wildman–Crippen LogP) is 2.55. The summed E-state index contributed by atoms with van der Waals surface area (Å²) >= 11 is 0. The number of carbonyl (C=O) groups is 1. The van der Waals surface area contributed by atoms with Crippen molar-refractivity contribution < 1.29 is 14.3 Å². The van der Waals surface area contributed by atoms with Crippen molar-refractivity contribution in [1.82, 2.24) is 4.98 Å². The lowest BCUT2D eigenvalue weighted by Crippen LogP contribution is -2.05. The van der Waals surface area contributed by atoms with Gasteiger partial charge in [0.25, 0.3) is 0 Å². The van der Waals surface area contributed by atoms with E-state index in [4.69, 9.17) is 10.5 Å². The molecule has 0 fully saturated rings. The van der Waals surface area contributed by atoms with Crippen LogP contribution < -0.4 is 10.5 Å². The van der Waals surface area contributed by atoms with Crippen molar-refractivity contribution in [3.05, 3.63) is 47.7 Å². The summed E-state index contributed by atoms with van der Waals surface area (Å²) in [6, 6.07) is 10.2. The first-order valence-electron chi connectivity index (χ1n) is 5.69. The number of nitrogen functional groups attached to an aromatic ring is 1. The van der Waals surface area contributed by atoms with E-state index in [1.165, 1.54) is 7.11 Å². The Morgan fingerprint density at radius 2 is 1.84 bits per heavy atom. The first-order valence-corrected chi connectivity index (χ1v) is 5.69. The van der Waals surface area contributed by atoms with Gasteiger partial charge in [-0.1, -0.05) is 0 Å². The normalized spacial score (nSPS) is 10.0. The molecule has 0 saturated carbocycles. The zero-order valence-corrected chi connectivity index (χ0v) is 10.7. The van der Waals surface area contributed by atoms with E-state index in [0.29, 0.717) is 28.6 Å². The van der Waals surface area contributed by atoms with E-state index >= 15 is 0 Å². The highest BCUT2D eigenvalue weighted by atomic mass is 16.5. The number of nitrogens with zero attached hydrogens (tertiary/aromatic N) is 1. The van der Waals surface area contributed by atoms with Gasteiger partial charge in [0.05, 0.1) is 18.4 Å². The van der Waals surface area contributed by atoms with Crippen molar-refractivity contribution in [3.63, 3.8) is 0 Å². The highest BCUT2D eigenvalue weighted by Gasteiger charge is 2.11. The Morgan fingerprint density at radius 3 is 2.42 bits per heavy atom. The van der Waals surface area contributed by atoms with E-state index < -0.39 is 5.97 Å². The number of hydrogen-bond donors (Lipinski definition) is 1. The van der Waals surface area contributed by atoms with Crippen molar-refractivity contribution in [2.75, 3.05) is 12.8 Å². The molecule has 0 unspecified atom stereocenters. The number of aromatic nitrogens is 1. The Kier molecular flexibility index (Phi) is 3.66. The molecular weight excluding hydrogens is 244 g/mol. The molecule has 0 amide bonds. The molecule has 0 aliphatic heterocycles. The average molecular weight is 258 g/mol. The molecule has 0 atom stereocenters. The van der Waals surface area contributed by atoms with E-state index in [2.05, 4.69) is 9.72 Å². The molecule has 19 heavy (non-hydrogen) atoms. The summed E-state index contributed by atoms with van der Waals surface area (Å²) in [5.74, 6) is 0.630. The number of anilines is 1. The van der Waals surface area contributed by atoms with Crippen LogP contribution in [0.1, 0.15) is 16.1 Å². The van der Waals surface area contributed by atoms with E-state index in [0.717, 1.165) is 0 Å². The molecule has 0 aliphatic rings. The van der Waals surface area contributed by atoms with Gasteiger partial charge in [0, 0.05) is 11.8 Å². The molecule has 5 heteroatoms. The van der Waals surface area contributed by atoms with Gasteiger partial charge >= 0.3 is 5.97 Å². The van der Waals surface area contributed by atoms with Crippen LogP contribution in [-0.4, -0.2) is 18.1 Å². The van der Waals surface area contributed by atoms with Gasteiger partial charge in [0.15, 0.2) is 0 Å². The molecule has 1 aromatic heterocycles. The smallest absolute Gasteiger partial charge is 0.339 e. The average Bonchev–Trinajstić information content (AvgIpc) is 2.41. The number of benzene rings is 1. The molecular formula is C14H14N2O3. The third-order valence-corrected chi connectivity index (χ3v) is 2.57. The van der Waals surface area contributed by atoms with Crippen molar-refractivity contribution in [2.24, 2.45) is 0 Å².